The first kappa shape index (κ1) is 16.5. The molecule has 4 nitrogen and oxygen atoms in total. The molecule has 0 aliphatic carbocycles. The zero-order valence-electron chi connectivity index (χ0n) is 12.1. The maximum atomic E-state index is 11.8. The van der Waals surface area contributed by atoms with E-state index >= 15 is 0 Å². The van der Waals surface area contributed by atoms with Gasteiger partial charge in [-0.2, -0.15) is 0 Å². The number of alkyl halides is 1. The zero-order valence-corrected chi connectivity index (χ0v) is 12.9. The molecule has 0 unspecified atom stereocenters. The van der Waals surface area contributed by atoms with Crippen LogP contribution in [-0.4, -0.2) is 30.8 Å². The number of aryl methyl sites for hydroxylation is 1. The van der Waals surface area contributed by atoms with Crippen LogP contribution in [0.2, 0.25) is 0 Å². The standard InChI is InChI=1S/C15H21ClN2O2/c1-11-4-6-12(7-5-11)13(19)17-8-9-18-14(20)15(2,3)10-16/h4-7H,8-10H2,1-3H3,(H,17,19)(H,18,20). The van der Waals surface area contributed by atoms with Crippen molar-refractivity contribution in [1.82, 2.24) is 10.6 Å². The van der Waals surface area contributed by atoms with Gasteiger partial charge in [0.1, 0.15) is 0 Å². The third-order valence-corrected chi connectivity index (χ3v) is 3.63. The van der Waals surface area contributed by atoms with Gasteiger partial charge in [-0.05, 0) is 32.9 Å². The Morgan fingerprint density at radius 3 is 2.20 bits per heavy atom. The molecule has 0 fully saturated rings. The first-order chi connectivity index (χ1) is 9.36. The Morgan fingerprint density at radius 1 is 1.10 bits per heavy atom. The number of hydrogen-bond acceptors (Lipinski definition) is 2. The second-order valence-electron chi connectivity index (χ2n) is 5.40. The molecule has 0 spiro atoms. The van der Waals surface area contributed by atoms with Gasteiger partial charge < -0.3 is 10.6 Å². The van der Waals surface area contributed by atoms with Gasteiger partial charge in [0.2, 0.25) is 5.91 Å². The summed E-state index contributed by atoms with van der Waals surface area (Å²) in [5, 5.41) is 5.51. The van der Waals surface area contributed by atoms with Gasteiger partial charge in [0, 0.05) is 24.5 Å². The molecule has 110 valence electrons. The highest BCUT2D eigenvalue weighted by Crippen LogP contribution is 2.16. The van der Waals surface area contributed by atoms with Crippen molar-refractivity contribution in [3.05, 3.63) is 35.4 Å². The number of hydrogen-bond donors (Lipinski definition) is 2. The monoisotopic (exact) mass is 296 g/mol. The van der Waals surface area contributed by atoms with Crippen LogP contribution in [0.1, 0.15) is 29.8 Å². The van der Waals surface area contributed by atoms with Crippen LogP contribution in [-0.2, 0) is 4.79 Å². The number of carbonyl (C=O) groups excluding carboxylic acids is 2. The summed E-state index contributed by atoms with van der Waals surface area (Å²) in [7, 11) is 0. The normalized spacial score (nSPS) is 11.0. The molecule has 0 saturated heterocycles. The van der Waals surface area contributed by atoms with E-state index in [4.69, 9.17) is 11.6 Å². The van der Waals surface area contributed by atoms with Crippen molar-refractivity contribution < 1.29 is 9.59 Å². The smallest absolute Gasteiger partial charge is 0.251 e. The average Bonchev–Trinajstić information content (AvgIpc) is 2.43. The second-order valence-corrected chi connectivity index (χ2v) is 5.66. The molecule has 0 heterocycles. The van der Waals surface area contributed by atoms with Crippen LogP contribution in [0, 0.1) is 12.3 Å². The SMILES string of the molecule is Cc1ccc(C(=O)NCCNC(=O)C(C)(C)CCl)cc1. The molecule has 1 rings (SSSR count). The van der Waals surface area contributed by atoms with E-state index < -0.39 is 5.41 Å². The van der Waals surface area contributed by atoms with E-state index in [0.29, 0.717) is 18.7 Å². The Balaban J connectivity index is 2.33. The topological polar surface area (TPSA) is 58.2 Å². The van der Waals surface area contributed by atoms with E-state index in [1.807, 2.05) is 19.1 Å². The molecule has 0 saturated carbocycles. The molecule has 2 amide bonds. The highest BCUT2D eigenvalue weighted by molar-refractivity contribution is 6.19. The van der Waals surface area contributed by atoms with Crippen LogP contribution in [0.3, 0.4) is 0 Å². The van der Waals surface area contributed by atoms with Crippen LogP contribution in [0.5, 0.6) is 0 Å². The molecule has 2 N–H and O–H groups in total. The molecule has 0 aliphatic rings. The van der Waals surface area contributed by atoms with Gasteiger partial charge in [0.15, 0.2) is 0 Å². The van der Waals surface area contributed by atoms with E-state index in [-0.39, 0.29) is 17.7 Å². The van der Waals surface area contributed by atoms with Gasteiger partial charge in [0.05, 0.1) is 5.41 Å². The van der Waals surface area contributed by atoms with Crippen LogP contribution < -0.4 is 10.6 Å². The summed E-state index contributed by atoms with van der Waals surface area (Å²) >= 11 is 5.71. The molecular weight excluding hydrogens is 276 g/mol. The third-order valence-electron chi connectivity index (χ3n) is 2.96. The predicted molar refractivity (Wildman–Crippen MR) is 81.0 cm³/mol. The summed E-state index contributed by atoms with van der Waals surface area (Å²) in [5.74, 6) is 0.00195. The molecule has 0 aliphatic heterocycles. The van der Waals surface area contributed by atoms with Crippen LogP contribution in [0.4, 0.5) is 0 Å². The third kappa shape index (κ3) is 4.85. The first-order valence-corrected chi connectivity index (χ1v) is 7.09. The summed E-state index contributed by atoms with van der Waals surface area (Å²) in [6, 6.07) is 7.33. The van der Waals surface area contributed by atoms with Crippen molar-refractivity contribution in [2.75, 3.05) is 19.0 Å². The molecule has 1 aromatic carbocycles. The molecule has 1 aromatic rings. The van der Waals surface area contributed by atoms with Crippen LogP contribution in [0.25, 0.3) is 0 Å². The van der Waals surface area contributed by atoms with Gasteiger partial charge in [-0.25, -0.2) is 0 Å². The highest BCUT2D eigenvalue weighted by atomic mass is 35.5. The number of halogens is 1. The predicted octanol–water partition coefficient (Wildman–Crippen LogP) is 2.11. The summed E-state index contributed by atoms with van der Waals surface area (Å²) in [5.41, 5.74) is 1.13. The zero-order chi connectivity index (χ0) is 15.2. The van der Waals surface area contributed by atoms with E-state index in [1.165, 1.54) is 0 Å². The fraction of sp³-hybridized carbons (Fsp3) is 0.467. The Labute approximate surface area is 124 Å². The van der Waals surface area contributed by atoms with Gasteiger partial charge in [0.25, 0.3) is 5.91 Å². The van der Waals surface area contributed by atoms with Crippen molar-refractivity contribution in [2.45, 2.75) is 20.8 Å². The van der Waals surface area contributed by atoms with Gasteiger partial charge in [-0.1, -0.05) is 17.7 Å². The maximum Gasteiger partial charge on any atom is 0.251 e. The number of rotatable bonds is 6. The second kappa shape index (κ2) is 7.29. The summed E-state index contributed by atoms with van der Waals surface area (Å²) < 4.78 is 0. The maximum absolute atomic E-state index is 11.8. The van der Waals surface area contributed by atoms with Crippen molar-refractivity contribution in [2.24, 2.45) is 5.41 Å². The van der Waals surface area contributed by atoms with Gasteiger partial charge in [-0.3, -0.25) is 9.59 Å². The lowest BCUT2D eigenvalue weighted by Crippen LogP contribution is -2.41. The lowest BCUT2D eigenvalue weighted by Gasteiger charge is -2.20. The minimum atomic E-state index is -0.595. The fourth-order valence-electron chi connectivity index (χ4n) is 1.46. The Kier molecular flexibility index (Phi) is 6.02. The molecule has 0 bridgehead atoms. The van der Waals surface area contributed by atoms with E-state index in [9.17, 15) is 9.59 Å². The number of benzene rings is 1. The summed E-state index contributed by atoms with van der Waals surface area (Å²) in [4.78, 5) is 23.5. The van der Waals surface area contributed by atoms with Crippen molar-refractivity contribution in [3.63, 3.8) is 0 Å². The van der Waals surface area contributed by atoms with Crippen LogP contribution >= 0.6 is 11.6 Å². The van der Waals surface area contributed by atoms with Crippen molar-refractivity contribution in [3.8, 4) is 0 Å². The number of amides is 2. The highest BCUT2D eigenvalue weighted by Gasteiger charge is 2.25. The van der Waals surface area contributed by atoms with Gasteiger partial charge >= 0.3 is 0 Å². The quantitative estimate of drug-likeness (QED) is 0.624. The fourth-order valence-corrected chi connectivity index (χ4v) is 1.58. The summed E-state index contributed by atoms with van der Waals surface area (Å²) in [6.45, 7) is 6.30. The lowest BCUT2D eigenvalue weighted by atomic mass is 9.95. The summed E-state index contributed by atoms with van der Waals surface area (Å²) in [6.07, 6.45) is 0. The number of nitrogens with one attached hydrogen (secondary N) is 2. The van der Waals surface area contributed by atoms with Gasteiger partial charge in [-0.15, -0.1) is 11.6 Å². The molecule has 0 aromatic heterocycles. The molecule has 20 heavy (non-hydrogen) atoms. The Bertz CT molecular complexity index is 469. The molecule has 0 radical (unpaired) electrons. The molecular formula is C15H21ClN2O2. The van der Waals surface area contributed by atoms with E-state index in [1.54, 1.807) is 26.0 Å². The van der Waals surface area contributed by atoms with E-state index in [0.717, 1.165) is 5.56 Å². The van der Waals surface area contributed by atoms with E-state index in [2.05, 4.69) is 10.6 Å². The first-order valence-electron chi connectivity index (χ1n) is 6.56. The van der Waals surface area contributed by atoms with Crippen LogP contribution in [0.15, 0.2) is 24.3 Å². The Morgan fingerprint density at radius 2 is 1.65 bits per heavy atom. The number of carbonyl (C=O) groups is 2. The minimum Gasteiger partial charge on any atom is -0.354 e. The molecule has 0 atom stereocenters. The van der Waals surface area contributed by atoms with Crippen molar-refractivity contribution in [1.29, 1.82) is 0 Å². The largest absolute Gasteiger partial charge is 0.354 e. The average molecular weight is 297 g/mol. The minimum absolute atomic E-state index is 0.114. The molecule has 5 heteroatoms. The lowest BCUT2D eigenvalue weighted by molar-refractivity contribution is -0.128. The van der Waals surface area contributed by atoms with Crippen molar-refractivity contribution >= 4 is 23.4 Å². The Hall–Kier alpha value is -1.55.